The summed E-state index contributed by atoms with van der Waals surface area (Å²) in [7, 11) is 0. The molecular formula is C16H22N2O. The number of rotatable bonds is 3. The van der Waals surface area contributed by atoms with Crippen molar-refractivity contribution in [2.75, 3.05) is 6.54 Å². The topological polar surface area (TPSA) is 55.1 Å². The fourth-order valence-electron chi connectivity index (χ4n) is 3.25. The zero-order valence-electron chi connectivity index (χ0n) is 11.3. The van der Waals surface area contributed by atoms with Gasteiger partial charge in [-0.15, -0.1) is 0 Å². The van der Waals surface area contributed by atoms with Gasteiger partial charge in [0, 0.05) is 12.6 Å². The van der Waals surface area contributed by atoms with Crippen LogP contribution in [-0.2, 0) is 11.2 Å². The van der Waals surface area contributed by atoms with Crippen molar-refractivity contribution >= 4 is 5.91 Å². The van der Waals surface area contributed by atoms with Gasteiger partial charge in [-0.1, -0.05) is 24.3 Å². The van der Waals surface area contributed by atoms with Gasteiger partial charge in [0.2, 0.25) is 5.91 Å². The second kappa shape index (κ2) is 5.33. The highest BCUT2D eigenvalue weighted by atomic mass is 16.1. The van der Waals surface area contributed by atoms with Gasteiger partial charge in [0.1, 0.15) is 0 Å². The largest absolute Gasteiger partial charge is 0.355 e. The molecule has 3 N–H and O–H groups in total. The number of benzene rings is 1. The third kappa shape index (κ3) is 2.66. The number of carbonyl (C=O) groups excluding carboxylic acids is 1. The van der Waals surface area contributed by atoms with E-state index in [1.54, 1.807) is 0 Å². The molecule has 3 nitrogen and oxygen atoms in total. The van der Waals surface area contributed by atoms with E-state index in [9.17, 15) is 4.79 Å². The number of hydrogen-bond acceptors (Lipinski definition) is 2. The zero-order valence-corrected chi connectivity index (χ0v) is 11.3. The Bertz CT molecular complexity index is 464. The van der Waals surface area contributed by atoms with Crippen molar-refractivity contribution in [2.45, 2.75) is 44.1 Å². The van der Waals surface area contributed by atoms with Crippen molar-refractivity contribution in [3.63, 3.8) is 0 Å². The van der Waals surface area contributed by atoms with E-state index >= 15 is 0 Å². The SMILES string of the molecule is NC1CCC(CNC(=O)C2Cc3ccccc32)CC1. The van der Waals surface area contributed by atoms with Gasteiger partial charge in [-0.3, -0.25) is 4.79 Å². The van der Waals surface area contributed by atoms with E-state index in [4.69, 9.17) is 5.73 Å². The van der Waals surface area contributed by atoms with Crippen LogP contribution in [0.3, 0.4) is 0 Å². The number of carbonyl (C=O) groups is 1. The molecule has 1 saturated carbocycles. The predicted molar refractivity (Wildman–Crippen MR) is 75.8 cm³/mol. The van der Waals surface area contributed by atoms with Crippen molar-refractivity contribution in [1.29, 1.82) is 0 Å². The van der Waals surface area contributed by atoms with Gasteiger partial charge in [0.25, 0.3) is 0 Å². The first-order valence-electron chi connectivity index (χ1n) is 7.35. The maximum atomic E-state index is 12.2. The van der Waals surface area contributed by atoms with Gasteiger partial charge >= 0.3 is 0 Å². The quantitative estimate of drug-likeness (QED) is 0.870. The minimum atomic E-state index is 0.0852. The van der Waals surface area contributed by atoms with Crippen LogP contribution in [0.2, 0.25) is 0 Å². The lowest BCUT2D eigenvalue weighted by molar-refractivity contribution is -0.123. The predicted octanol–water partition coefficient (Wildman–Crippen LogP) is 1.96. The third-order valence-electron chi connectivity index (χ3n) is 4.63. The summed E-state index contributed by atoms with van der Waals surface area (Å²) in [4.78, 5) is 12.2. The molecule has 2 aliphatic rings. The van der Waals surface area contributed by atoms with Gasteiger partial charge in [-0.2, -0.15) is 0 Å². The Morgan fingerprint density at radius 3 is 2.68 bits per heavy atom. The van der Waals surface area contributed by atoms with E-state index < -0.39 is 0 Å². The van der Waals surface area contributed by atoms with Crippen molar-refractivity contribution < 1.29 is 4.79 Å². The summed E-state index contributed by atoms with van der Waals surface area (Å²) < 4.78 is 0. The molecule has 1 atom stereocenters. The Balaban J connectivity index is 1.48. The van der Waals surface area contributed by atoms with Gasteiger partial charge in [-0.25, -0.2) is 0 Å². The van der Waals surface area contributed by atoms with Crippen LogP contribution < -0.4 is 11.1 Å². The lowest BCUT2D eigenvalue weighted by Crippen LogP contribution is -2.39. The molecule has 3 heteroatoms. The van der Waals surface area contributed by atoms with E-state index in [2.05, 4.69) is 17.4 Å². The van der Waals surface area contributed by atoms with Crippen LogP contribution >= 0.6 is 0 Å². The smallest absolute Gasteiger partial charge is 0.227 e. The highest BCUT2D eigenvalue weighted by Gasteiger charge is 2.31. The lowest BCUT2D eigenvalue weighted by atomic mass is 9.77. The first-order valence-corrected chi connectivity index (χ1v) is 7.35. The zero-order chi connectivity index (χ0) is 13.2. The van der Waals surface area contributed by atoms with Crippen LogP contribution in [-0.4, -0.2) is 18.5 Å². The second-order valence-electron chi connectivity index (χ2n) is 5.98. The molecule has 1 aromatic carbocycles. The standard InChI is InChI=1S/C16H22N2O/c17-13-7-5-11(6-8-13)10-18-16(19)15-9-12-3-1-2-4-14(12)15/h1-4,11,13,15H,5-10,17H2,(H,18,19). The fraction of sp³-hybridized carbons (Fsp3) is 0.562. The molecule has 0 saturated heterocycles. The third-order valence-corrected chi connectivity index (χ3v) is 4.63. The molecule has 0 spiro atoms. The Labute approximate surface area is 114 Å². The Kier molecular flexibility index (Phi) is 3.56. The van der Waals surface area contributed by atoms with Crippen molar-refractivity contribution in [3.8, 4) is 0 Å². The highest BCUT2D eigenvalue weighted by molar-refractivity contribution is 5.86. The summed E-state index contributed by atoms with van der Waals surface area (Å²) >= 11 is 0. The number of nitrogens with two attached hydrogens (primary N) is 1. The van der Waals surface area contributed by atoms with Crippen LogP contribution in [0.15, 0.2) is 24.3 Å². The first kappa shape index (κ1) is 12.7. The van der Waals surface area contributed by atoms with Crippen LogP contribution in [0.1, 0.15) is 42.7 Å². The number of fused-ring (bicyclic) bond motifs is 1. The van der Waals surface area contributed by atoms with Gasteiger partial charge in [0.05, 0.1) is 5.92 Å². The van der Waals surface area contributed by atoms with E-state index in [1.807, 2.05) is 12.1 Å². The Morgan fingerprint density at radius 1 is 1.21 bits per heavy atom. The van der Waals surface area contributed by atoms with Gasteiger partial charge in [-0.05, 0) is 49.1 Å². The van der Waals surface area contributed by atoms with Crippen molar-refractivity contribution in [1.82, 2.24) is 5.32 Å². The molecule has 0 aliphatic heterocycles. The maximum absolute atomic E-state index is 12.2. The maximum Gasteiger partial charge on any atom is 0.227 e. The Morgan fingerprint density at radius 2 is 1.95 bits per heavy atom. The molecular weight excluding hydrogens is 236 g/mol. The summed E-state index contributed by atoms with van der Waals surface area (Å²) in [6, 6.07) is 8.62. The molecule has 0 bridgehead atoms. The molecule has 2 aliphatic carbocycles. The molecule has 3 rings (SSSR count). The molecule has 1 amide bonds. The molecule has 19 heavy (non-hydrogen) atoms. The summed E-state index contributed by atoms with van der Waals surface area (Å²) in [6.07, 6.45) is 5.42. The van der Waals surface area contributed by atoms with E-state index in [-0.39, 0.29) is 11.8 Å². The van der Waals surface area contributed by atoms with Crippen LogP contribution in [0, 0.1) is 5.92 Å². The molecule has 0 radical (unpaired) electrons. The van der Waals surface area contributed by atoms with E-state index in [0.29, 0.717) is 12.0 Å². The monoisotopic (exact) mass is 258 g/mol. The van der Waals surface area contributed by atoms with Crippen LogP contribution in [0.5, 0.6) is 0 Å². The summed E-state index contributed by atoms with van der Waals surface area (Å²) in [6.45, 7) is 0.824. The summed E-state index contributed by atoms with van der Waals surface area (Å²) in [5.41, 5.74) is 8.44. The lowest BCUT2D eigenvalue weighted by Gasteiger charge is -2.31. The average molecular weight is 258 g/mol. The number of amides is 1. The first-order chi connectivity index (χ1) is 9.24. The Hall–Kier alpha value is -1.35. The molecule has 0 heterocycles. The van der Waals surface area contributed by atoms with E-state index in [1.165, 1.54) is 11.1 Å². The summed E-state index contributed by atoms with van der Waals surface area (Å²) in [5, 5.41) is 3.13. The van der Waals surface area contributed by atoms with Gasteiger partial charge in [0.15, 0.2) is 0 Å². The molecule has 1 fully saturated rings. The fourth-order valence-corrected chi connectivity index (χ4v) is 3.25. The summed E-state index contributed by atoms with van der Waals surface area (Å²) in [5.74, 6) is 0.912. The minimum Gasteiger partial charge on any atom is -0.355 e. The van der Waals surface area contributed by atoms with Crippen LogP contribution in [0.4, 0.5) is 0 Å². The second-order valence-corrected chi connectivity index (χ2v) is 5.98. The molecule has 1 aromatic rings. The number of nitrogens with one attached hydrogen (secondary N) is 1. The molecule has 1 unspecified atom stereocenters. The highest BCUT2D eigenvalue weighted by Crippen LogP contribution is 2.34. The normalized spacial score (nSPS) is 29.2. The molecule has 0 aromatic heterocycles. The van der Waals surface area contributed by atoms with E-state index in [0.717, 1.165) is 38.6 Å². The number of hydrogen-bond donors (Lipinski definition) is 2. The van der Waals surface area contributed by atoms with Crippen molar-refractivity contribution in [3.05, 3.63) is 35.4 Å². The minimum absolute atomic E-state index is 0.0852. The average Bonchev–Trinajstić information content (AvgIpc) is 2.39. The van der Waals surface area contributed by atoms with Gasteiger partial charge < -0.3 is 11.1 Å². The molecule has 102 valence electrons. The van der Waals surface area contributed by atoms with Crippen molar-refractivity contribution in [2.24, 2.45) is 11.7 Å². The van der Waals surface area contributed by atoms with Crippen LogP contribution in [0.25, 0.3) is 0 Å².